The van der Waals surface area contributed by atoms with Gasteiger partial charge in [-0.25, -0.2) is 0 Å². The van der Waals surface area contributed by atoms with Crippen molar-refractivity contribution >= 4 is 10.3 Å². The quantitative estimate of drug-likeness (QED) is 0.218. The van der Waals surface area contributed by atoms with Crippen molar-refractivity contribution in [2.24, 2.45) is 0 Å². The first-order valence-corrected chi connectivity index (χ1v) is 15.2. The summed E-state index contributed by atoms with van der Waals surface area (Å²) in [6.07, 6.45) is 14.3. The summed E-state index contributed by atoms with van der Waals surface area (Å²) in [5, 5.41) is 11.0. The molecule has 2 rings (SSSR count). The lowest BCUT2D eigenvalue weighted by Gasteiger charge is -2.33. The van der Waals surface area contributed by atoms with E-state index >= 15 is 0 Å². The number of ether oxygens (including phenoxy) is 1. The van der Waals surface area contributed by atoms with Crippen molar-refractivity contribution in [1.29, 1.82) is 0 Å². The molecule has 0 aliphatic carbocycles. The molecule has 1 aliphatic rings. The summed E-state index contributed by atoms with van der Waals surface area (Å²) >= 11 is 0. The zero-order valence-electron chi connectivity index (χ0n) is 22.2. The third-order valence-corrected chi connectivity index (χ3v) is 8.18. The second-order valence-corrected chi connectivity index (χ2v) is 11.8. The lowest BCUT2D eigenvalue weighted by atomic mass is 9.98. The molecular formula is C28H49NO5S. The molecule has 1 heterocycles. The van der Waals surface area contributed by atoms with Crippen molar-refractivity contribution in [3.8, 4) is 0 Å². The van der Waals surface area contributed by atoms with Crippen molar-refractivity contribution in [3.05, 3.63) is 35.9 Å². The minimum Gasteiger partial charge on any atom is -0.390 e. The Morgan fingerprint density at radius 1 is 0.943 bits per heavy atom. The molecule has 6 nitrogen and oxygen atoms in total. The van der Waals surface area contributed by atoms with Gasteiger partial charge in [0.1, 0.15) is 6.10 Å². The monoisotopic (exact) mass is 511 g/mol. The summed E-state index contributed by atoms with van der Waals surface area (Å²) in [7, 11) is -3.85. The van der Waals surface area contributed by atoms with Gasteiger partial charge < -0.3 is 9.84 Å². The van der Waals surface area contributed by atoms with Crippen molar-refractivity contribution in [1.82, 2.24) is 4.31 Å². The highest BCUT2D eigenvalue weighted by atomic mass is 32.2. The first-order chi connectivity index (χ1) is 16.8. The Morgan fingerprint density at radius 3 is 2.03 bits per heavy atom. The molecule has 1 fully saturated rings. The molecule has 3 atom stereocenters. The molecular weight excluding hydrogens is 462 g/mol. The fraction of sp³-hybridized carbons (Fsp3) is 0.786. The van der Waals surface area contributed by atoms with E-state index in [-0.39, 0.29) is 19.3 Å². The van der Waals surface area contributed by atoms with Gasteiger partial charge in [-0.2, -0.15) is 12.7 Å². The highest BCUT2D eigenvalue weighted by Crippen LogP contribution is 2.29. The van der Waals surface area contributed by atoms with Gasteiger partial charge in [0.05, 0.1) is 24.9 Å². The zero-order valence-corrected chi connectivity index (χ0v) is 23.1. The topological polar surface area (TPSA) is 76.1 Å². The van der Waals surface area contributed by atoms with E-state index in [0.29, 0.717) is 6.42 Å². The van der Waals surface area contributed by atoms with Crippen LogP contribution in [0, 0.1) is 0 Å². The van der Waals surface area contributed by atoms with E-state index in [9.17, 15) is 13.5 Å². The molecule has 0 saturated carbocycles. The lowest BCUT2D eigenvalue weighted by molar-refractivity contribution is -0.0962. The number of hydrogen-bond acceptors (Lipinski definition) is 5. The van der Waals surface area contributed by atoms with Crippen molar-refractivity contribution in [2.75, 3.05) is 6.61 Å². The highest BCUT2D eigenvalue weighted by Gasteiger charge is 2.46. The molecule has 1 aliphatic heterocycles. The van der Waals surface area contributed by atoms with E-state index in [2.05, 4.69) is 6.92 Å². The first-order valence-electron chi connectivity index (χ1n) is 13.9. The van der Waals surface area contributed by atoms with E-state index < -0.39 is 28.6 Å². The van der Waals surface area contributed by atoms with Gasteiger partial charge >= 0.3 is 10.3 Å². The molecule has 1 aromatic rings. The average Bonchev–Trinajstić information content (AvgIpc) is 3.12. The van der Waals surface area contributed by atoms with Crippen LogP contribution in [0.3, 0.4) is 0 Å². The minimum atomic E-state index is -3.85. The molecule has 0 amide bonds. The number of nitrogens with zero attached hydrogens (tertiary/aromatic N) is 1. The van der Waals surface area contributed by atoms with Crippen LogP contribution in [0.15, 0.2) is 30.3 Å². The maximum absolute atomic E-state index is 12.6. The fourth-order valence-electron chi connectivity index (χ4n) is 4.80. The Labute approximate surface area is 214 Å². The number of rotatable bonds is 19. The van der Waals surface area contributed by atoms with Crippen molar-refractivity contribution in [3.63, 3.8) is 0 Å². The second kappa shape index (κ2) is 16.7. The summed E-state index contributed by atoms with van der Waals surface area (Å²) in [4.78, 5) is 0. The van der Waals surface area contributed by atoms with E-state index in [1.165, 1.54) is 68.5 Å². The van der Waals surface area contributed by atoms with Gasteiger partial charge in [0, 0.05) is 6.54 Å². The number of benzene rings is 1. The van der Waals surface area contributed by atoms with Crippen LogP contribution in [0.1, 0.15) is 110 Å². The van der Waals surface area contributed by atoms with Crippen LogP contribution in [0.5, 0.6) is 0 Å². The van der Waals surface area contributed by atoms with Gasteiger partial charge in [0.2, 0.25) is 0 Å². The molecule has 0 bridgehead atoms. The number of aliphatic hydroxyl groups is 1. The van der Waals surface area contributed by atoms with Gasteiger partial charge in [0.25, 0.3) is 0 Å². The summed E-state index contributed by atoms with van der Waals surface area (Å²) in [5.41, 5.74) is 0.880. The predicted octanol–water partition coefficient (Wildman–Crippen LogP) is 6.38. The Hall–Kier alpha value is -0.990. The van der Waals surface area contributed by atoms with Crippen LogP contribution in [0.25, 0.3) is 0 Å². The smallest absolute Gasteiger partial charge is 0.339 e. The summed E-state index contributed by atoms with van der Waals surface area (Å²) in [6.45, 7) is 6.29. The van der Waals surface area contributed by atoms with E-state index in [1.54, 1.807) is 0 Å². The summed E-state index contributed by atoms with van der Waals surface area (Å²) in [5.74, 6) is 0. The molecule has 0 spiro atoms. The summed E-state index contributed by atoms with van der Waals surface area (Å²) in [6, 6.07) is 8.92. The Kier molecular flexibility index (Phi) is 14.4. The Bertz CT molecular complexity index is 771. The van der Waals surface area contributed by atoms with Gasteiger partial charge in [-0.3, -0.25) is 4.18 Å². The van der Waals surface area contributed by atoms with Gasteiger partial charge in [-0.05, 0) is 25.8 Å². The predicted molar refractivity (Wildman–Crippen MR) is 142 cm³/mol. The Morgan fingerprint density at radius 2 is 1.49 bits per heavy atom. The third-order valence-electron chi connectivity index (χ3n) is 6.77. The molecule has 0 unspecified atom stereocenters. The van der Waals surface area contributed by atoms with Crippen molar-refractivity contribution < 1.29 is 22.4 Å². The normalized spacial score (nSPS) is 19.9. The number of unbranched alkanes of at least 4 members (excludes halogenated alkanes) is 11. The molecule has 35 heavy (non-hydrogen) atoms. The Balaban J connectivity index is 1.78. The maximum atomic E-state index is 12.6. The van der Waals surface area contributed by atoms with E-state index in [0.717, 1.165) is 18.4 Å². The SMILES string of the molecule is CCCCCCCCCCCCCC[C@H](O)[C@H](OC(C)C)[C@H]1COS(=O)(=O)N1Cc1ccccc1. The van der Waals surface area contributed by atoms with Crippen LogP contribution in [0.4, 0.5) is 0 Å². The maximum Gasteiger partial charge on any atom is 0.339 e. The standard InChI is InChI=1S/C28H49NO5S/c1-4-5-6-7-8-9-10-11-12-13-14-18-21-27(30)28(34-24(2)3)26-23-33-35(31,32)29(26)22-25-19-16-15-17-20-25/h15-17,19-20,24,26-28,30H,4-14,18,21-23H2,1-3H3/t26-,27+,28-/m1/s1. The minimum absolute atomic E-state index is 0.00204. The molecule has 7 heteroatoms. The van der Waals surface area contributed by atoms with Crippen LogP contribution >= 0.6 is 0 Å². The molecule has 1 aromatic carbocycles. The van der Waals surface area contributed by atoms with Gasteiger partial charge in [-0.1, -0.05) is 114 Å². The molecule has 0 radical (unpaired) electrons. The third kappa shape index (κ3) is 11.3. The lowest BCUT2D eigenvalue weighted by Crippen LogP contribution is -2.49. The summed E-state index contributed by atoms with van der Waals surface area (Å²) < 4.78 is 37.9. The average molecular weight is 512 g/mol. The van der Waals surface area contributed by atoms with Gasteiger partial charge in [0.15, 0.2) is 0 Å². The van der Waals surface area contributed by atoms with E-state index in [1.807, 2.05) is 44.2 Å². The highest BCUT2D eigenvalue weighted by molar-refractivity contribution is 7.84. The molecule has 0 aromatic heterocycles. The van der Waals surface area contributed by atoms with E-state index in [4.69, 9.17) is 8.92 Å². The molecule has 1 N–H and O–H groups in total. The second-order valence-electron chi connectivity index (χ2n) is 10.2. The van der Waals surface area contributed by atoms with Crippen LogP contribution in [-0.4, -0.2) is 48.8 Å². The van der Waals surface area contributed by atoms with Crippen LogP contribution in [0.2, 0.25) is 0 Å². The number of hydrogen-bond donors (Lipinski definition) is 1. The van der Waals surface area contributed by atoms with Crippen LogP contribution < -0.4 is 0 Å². The van der Waals surface area contributed by atoms with Gasteiger partial charge in [-0.15, -0.1) is 0 Å². The van der Waals surface area contributed by atoms with Crippen molar-refractivity contribution in [2.45, 2.75) is 135 Å². The zero-order chi connectivity index (χ0) is 25.5. The van der Waals surface area contributed by atoms with Crippen LogP contribution in [-0.2, 0) is 25.8 Å². The fourth-order valence-corrected chi connectivity index (χ4v) is 6.07. The largest absolute Gasteiger partial charge is 0.390 e. The molecule has 202 valence electrons. The number of aliphatic hydroxyl groups excluding tert-OH is 1. The first kappa shape index (κ1) is 30.2. The molecule has 1 saturated heterocycles.